The summed E-state index contributed by atoms with van der Waals surface area (Å²) in [7, 11) is 0. The molecule has 0 fully saturated rings. The number of rotatable bonds is 11. The number of hydrogen-bond acceptors (Lipinski definition) is 2. The van der Waals surface area contributed by atoms with Crippen LogP contribution < -0.4 is 10.6 Å². The van der Waals surface area contributed by atoms with E-state index in [0.717, 1.165) is 39.7 Å². The van der Waals surface area contributed by atoms with Crippen molar-refractivity contribution in [1.82, 2.24) is 20.5 Å². The average Bonchev–Trinajstić information content (AvgIpc) is 3.31. The molecule has 0 aliphatic rings. The Bertz CT molecular complexity index is 1480. The summed E-state index contributed by atoms with van der Waals surface area (Å²) < 4.78 is 0. The SMILES string of the molecule is CCN(CC)C(=O)C(C)(C)c1ccc2[nH]c(-c3cc(C)cc(C)c3)c(CCNC(=O)NCCc3ccccc3)c2c1. The van der Waals surface area contributed by atoms with Gasteiger partial charge in [-0.15, -0.1) is 0 Å². The quantitative estimate of drug-likeness (QED) is 0.194. The predicted molar refractivity (Wildman–Crippen MR) is 169 cm³/mol. The Hall–Kier alpha value is -4.06. The molecule has 1 heterocycles. The van der Waals surface area contributed by atoms with Gasteiger partial charge in [0.25, 0.3) is 0 Å². The van der Waals surface area contributed by atoms with Crippen molar-refractivity contribution in [2.45, 2.75) is 59.8 Å². The smallest absolute Gasteiger partial charge is 0.314 e. The van der Waals surface area contributed by atoms with Crippen molar-refractivity contribution in [2.75, 3.05) is 26.2 Å². The molecule has 0 saturated heterocycles. The number of H-pyrrole nitrogens is 1. The number of carbonyl (C=O) groups is 2. The van der Waals surface area contributed by atoms with Crippen LogP contribution in [0.15, 0.2) is 66.7 Å². The van der Waals surface area contributed by atoms with E-state index in [4.69, 9.17) is 0 Å². The van der Waals surface area contributed by atoms with Crippen LogP contribution >= 0.6 is 0 Å². The van der Waals surface area contributed by atoms with Crippen LogP contribution in [-0.2, 0) is 23.1 Å². The number of likely N-dealkylation sites (N-methyl/N-ethyl adjacent to an activating group) is 1. The summed E-state index contributed by atoms with van der Waals surface area (Å²) in [4.78, 5) is 31.6. The second-order valence-electron chi connectivity index (χ2n) is 11.4. The molecular formula is C35H44N4O2. The predicted octanol–water partition coefficient (Wildman–Crippen LogP) is 6.68. The Morgan fingerprint density at radius 2 is 1.46 bits per heavy atom. The van der Waals surface area contributed by atoms with Gasteiger partial charge in [0.1, 0.15) is 0 Å². The third kappa shape index (κ3) is 6.99. The van der Waals surface area contributed by atoms with E-state index in [-0.39, 0.29) is 11.9 Å². The third-order valence-electron chi connectivity index (χ3n) is 7.93. The van der Waals surface area contributed by atoms with Crippen molar-refractivity contribution in [2.24, 2.45) is 0 Å². The van der Waals surface area contributed by atoms with E-state index in [2.05, 4.69) is 78.0 Å². The summed E-state index contributed by atoms with van der Waals surface area (Å²) in [5.74, 6) is 0.127. The van der Waals surface area contributed by atoms with Crippen LogP contribution in [0.1, 0.15) is 55.5 Å². The van der Waals surface area contributed by atoms with E-state index in [1.807, 2.05) is 50.8 Å². The van der Waals surface area contributed by atoms with Crippen molar-refractivity contribution >= 4 is 22.8 Å². The highest BCUT2D eigenvalue weighted by Gasteiger charge is 2.33. The fourth-order valence-corrected chi connectivity index (χ4v) is 5.62. The van der Waals surface area contributed by atoms with Crippen molar-refractivity contribution in [1.29, 1.82) is 0 Å². The molecule has 3 N–H and O–H groups in total. The van der Waals surface area contributed by atoms with Crippen LogP contribution in [0.3, 0.4) is 0 Å². The van der Waals surface area contributed by atoms with Gasteiger partial charge in [-0.3, -0.25) is 4.79 Å². The second kappa shape index (κ2) is 13.1. The zero-order chi connectivity index (χ0) is 29.6. The van der Waals surface area contributed by atoms with Gasteiger partial charge in [-0.05, 0) is 101 Å². The summed E-state index contributed by atoms with van der Waals surface area (Å²) in [5, 5.41) is 7.10. The minimum Gasteiger partial charge on any atom is -0.354 e. The first-order valence-corrected chi connectivity index (χ1v) is 14.7. The molecule has 1 aromatic heterocycles. The molecule has 0 saturated carbocycles. The number of nitrogens with one attached hydrogen (secondary N) is 3. The maximum absolute atomic E-state index is 13.4. The first-order valence-electron chi connectivity index (χ1n) is 14.7. The monoisotopic (exact) mass is 552 g/mol. The van der Waals surface area contributed by atoms with E-state index < -0.39 is 5.41 Å². The van der Waals surface area contributed by atoms with Gasteiger partial charge in [-0.25, -0.2) is 4.79 Å². The highest BCUT2D eigenvalue weighted by Crippen LogP contribution is 2.35. The van der Waals surface area contributed by atoms with Gasteiger partial charge in [0.15, 0.2) is 0 Å². The fourth-order valence-electron chi connectivity index (χ4n) is 5.62. The molecule has 6 nitrogen and oxygen atoms in total. The molecule has 4 rings (SSSR count). The van der Waals surface area contributed by atoms with Crippen molar-refractivity contribution in [3.63, 3.8) is 0 Å². The number of benzene rings is 3. The molecule has 0 spiro atoms. The Morgan fingerprint density at radius 3 is 2.10 bits per heavy atom. The number of nitrogens with zero attached hydrogens (tertiary/aromatic N) is 1. The van der Waals surface area contributed by atoms with Crippen LogP contribution in [0, 0.1) is 13.8 Å². The van der Waals surface area contributed by atoms with Crippen LogP contribution in [0.4, 0.5) is 4.79 Å². The van der Waals surface area contributed by atoms with Gasteiger partial charge in [-0.2, -0.15) is 0 Å². The lowest BCUT2D eigenvalue weighted by Gasteiger charge is -2.31. The van der Waals surface area contributed by atoms with Crippen LogP contribution in [-0.4, -0.2) is 48.0 Å². The molecule has 4 aromatic rings. The summed E-state index contributed by atoms with van der Waals surface area (Å²) in [5.41, 5.74) is 8.28. The average molecular weight is 553 g/mol. The number of urea groups is 1. The molecule has 0 radical (unpaired) electrons. The molecule has 0 aliphatic carbocycles. The van der Waals surface area contributed by atoms with Gasteiger partial charge in [0.2, 0.25) is 5.91 Å². The maximum atomic E-state index is 13.4. The molecule has 216 valence electrons. The second-order valence-corrected chi connectivity index (χ2v) is 11.4. The van der Waals surface area contributed by atoms with E-state index in [0.29, 0.717) is 32.6 Å². The Kier molecular flexibility index (Phi) is 9.53. The molecule has 0 atom stereocenters. The highest BCUT2D eigenvalue weighted by atomic mass is 16.2. The Morgan fingerprint density at radius 1 is 0.829 bits per heavy atom. The molecule has 0 aliphatic heterocycles. The van der Waals surface area contributed by atoms with Gasteiger partial charge in [0, 0.05) is 42.8 Å². The first kappa shape index (κ1) is 29.9. The molecule has 0 unspecified atom stereocenters. The van der Waals surface area contributed by atoms with E-state index in [1.54, 1.807) is 0 Å². The first-order chi connectivity index (χ1) is 19.6. The van der Waals surface area contributed by atoms with Crippen molar-refractivity contribution in [3.8, 4) is 11.3 Å². The normalized spacial score (nSPS) is 11.5. The molecular weight excluding hydrogens is 508 g/mol. The molecule has 0 bridgehead atoms. The van der Waals surface area contributed by atoms with Gasteiger partial charge in [-0.1, -0.05) is 53.6 Å². The molecule has 6 heteroatoms. The number of amides is 3. The number of aromatic nitrogens is 1. The summed E-state index contributed by atoms with van der Waals surface area (Å²) in [6.07, 6.45) is 1.45. The van der Waals surface area contributed by atoms with E-state index >= 15 is 0 Å². The van der Waals surface area contributed by atoms with Crippen LogP contribution in [0.2, 0.25) is 0 Å². The summed E-state index contributed by atoms with van der Waals surface area (Å²) in [6.45, 7) is 14.7. The lowest BCUT2D eigenvalue weighted by atomic mass is 9.82. The number of carbonyl (C=O) groups excluding carboxylic acids is 2. The standard InChI is InChI=1S/C35H44N4O2/c1-7-39(8-2)33(40)35(5,6)28-14-15-31-30(23-28)29(32(38-31)27-21-24(3)20-25(4)22-27)17-19-37-34(41)36-18-16-26-12-10-9-11-13-26/h9-15,20-23,38H,7-8,16-19H2,1-6H3,(H2,36,37,41). The van der Waals surface area contributed by atoms with Crippen molar-refractivity contribution < 1.29 is 9.59 Å². The minimum atomic E-state index is -0.661. The van der Waals surface area contributed by atoms with Crippen LogP contribution in [0.25, 0.3) is 22.2 Å². The maximum Gasteiger partial charge on any atom is 0.314 e. The summed E-state index contributed by atoms with van der Waals surface area (Å²) in [6, 6.07) is 22.8. The lowest BCUT2D eigenvalue weighted by Crippen LogP contribution is -2.43. The third-order valence-corrected chi connectivity index (χ3v) is 7.93. The summed E-state index contributed by atoms with van der Waals surface area (Å²) >= 11 is 0. The Balaban J connectivity index is 1.60. The van der Waals surface area contributed by atoms with E-state index in [9.17, 15) is 9.59 Å². The zero-order valence-electron chi connectivity index (χ0n) is 25.4. The Labute approximate surface area is 244 Å². The lowest BCUT2D eigenvalue weighted by molar-refractivity contribution is -0.135. The van der Waals surface area contributed by atoms with Gasteiger partial charge >= 0.3 is 6.03 Å². The molecule has 41 heavy (non-hydrogen) atoms. The van der Waals surface area contributed by atoms with Crippen molar-refractivity contribution in [3.05, 3.63) is 94.5 Å². The molecule has 3 aromatic carbocycles. The highest BCUT2D eigenvalue weighted by molar-refractivity contribution is 5.94. The molecule has 3 amide bonds. The van der Waals surface area contributed by atoms with Gasteiger partial charge < -0.3 is 20.5 Å². The van der Waals surface area contributed by atoms with Crippen LogP contribution in [0.5, 0.6) is 0 Å². The largest absolute Gasteiger partial charge is 0.354 e. The number of fused-ring (bicyclic) bond motifs is 1. The minimum absolute atomic E-state index is 0.127. The number of aromatic amines is 1. The topological polar surface area (TPSA) is 77.2 Å². The number of aryl methyl sites for hydroxylation is 2. The number of hydrogen-bond donors (Lipinski definition) is 3. The fraction of sp³-hybridized carbons (Fsp3) is 0.371. The van der Waals surface area contributed by atoms with Gasteiger partial charge in [0.05, 0.1) is 5.41 Å². The zero-order valence-corrected chi connectivity index (χ0v) is 25.4. The van der Waals surface area contributed by atoms with E-state index in [1.165, 1.54) is 16.7 Å².